The molecular weight excluding hydrogens is 372 g/mol. The van der Waals surface area contributed by atoms with Gasteiger partial charge in [-0.15, -0.1) is 0 Å². The molecule has 2 amide bonds. The Morgan fingerprint density at radius 3 is 1.97 bits per heavy atom. The van der Waals surface area contributed by atoms with Crippen LogP contribution in [0.1, 0.15) is 75.2 Å². The average Bonchev–Trinajstić information content (AvgIpc) is 2.51. The molecule has 29 heavy (non-hydrogen) atoms. The average molecular weight is 413 g/mol. The van der Waals surface area contributed by atoms with Crippen molar-refractivity contribution in [3.05, 3.63) is 11.6 Å². The third kappa shape index (κ3) is 9.81. The maximum Gasteiger partial charge on any atom is 0.408 e. The number of carbonyl (C=O) groups excluding carboxylic acids is 2. The molecule has 0 saturated carbocycles. The summed E-state index contributed by atoms with van der Waals surface area (Å²) in [6, 6.07) is -1.21. The molecule has 0 spiro atoms. The van der Waals surface area contributed by atoms with Crippen molar-refractivity contribution >= 4 is 18.0 Å². The zero-order valence-electron chi connectivity index (χ0n) is 19.8. The van der Waals surface area contributed by atoms with E-state index in [1.165, 1.54) is 4.90 Å². The molecule has 7 nitrogen and oxygen atoms in total. The molecule has 2 N–H and O–H groups in total. The van der Waals surface area contributed by atoms with Crippen LogP contribution in [0.5, 0.6) is 0 Å². The van der Waals surface area contributed by atoms with Gasteiger partial charge >= 0.3 is 12.1 Å². The fourth-order valence-corrected chi connectivity index (χ4v) is 2.83. The van der Waals surface area contributed by atoms with Crippen molar-refractivity contribution in [1.29, 1.82) is 0 Å². The highest BCUT2D eigenvalue weighted by molar-refractivity contribution is 5.88. The van der Waals surface area contributed by atoms with Crippen LogP contribution in [0.15, 0.2) is 11.6 Å². The minimum Gasteiger partial charge on any atom is -0.478 e. The molecule has 0 aliphatic rings. The Kier molecular flexibility index (Phi) is 9.90. The van der Waals surface area contributed by atoms with Crippen molar-refractivity contribution in [2.75, 3.05) is 7.05 Å². The van der Waals surface area contributed by atoms with Gasteiger partial charge in [0.1, 0.15) is 11.6 Å². The Balaban J connectivity index is 5.81. The van der Waals surface area contributed by atoms with Crippen molar-refractivity contribution in [1.82, 2.24) is 10.2 Å². The second-order valence-electron chi connectivity index (χ2n) is 9.94. The zero-order chi connectivity index (χ0) is 23.2. The third-order valence-electron chi connectivity index (χ3n) is 4.38. The molecule has 0 rings (SSSR count). The molecule has 0 aromatic heterocycles. The Bertz CT molecular complexity index is 612. The number of alkyl carbamates (subject to hydrolysis) is 1. The normalized spacial score (nSPS) is 14.9. The number of amides is 2. The van der Waals surface area contributed by atoms with Crippen molar-refractivity contribution in [3.8, 4) is 0 Å². The lowest BCUT2D eigenvalue weighted by Crippen LogP contribution is -2.56. The highest BCUT2D eigenvalue weighted by Crippen LogP contribution is 2.24. The number of nitrogens with one attached hydrogen (secondary N) is 1. The fourth-order valence-electron chi connectivity index (χ4n) is 2.83. The molecular formula is C22H40N2O5. The minimum atomic E-state index is -0.985. The largest absolute Gasteiger partial charge is 0.478 e. The van der Waals surface area contributed by atoms with Gasteiger partial charge in [-0.05, 0) is 44.9 Å². The third-order valence-corrected chi connectivity index (χ3v) is 4.38. The zero-order valence-corrected chi connectivity index (χ0v) is 19.8. The van der Waals surface area contributed by atoms with Gasteiger partial charge in [0.2, 0.25) is 5.91 Å². The van der Waals surface area contributed by atoms with Gasteiger partial charge in [-0.1, -0.05) is 47.6 Å². The first kappa shape index (κ1) is 27.0. The van der Waals surface area contributed by atoms with Crippen LogP contribution in [0.4, 0.5) is 4.79 Å². The van der Waals surface area contributed by atoms with E-state index in [2.05, 4.69) is 5.32 Å². The second kappa shape index (κ2) is 10.6. The highest BCUT2D eigenvalue weighted by Gasteiger charge is 2.37. The number of hydrogen-bond acceptors (Lipinski definition) is 4. The van der Waals surface area contributed by atoms with Crippen LogP contribution < -0.4 is 5.32 Å². The van der Waals surface area contributed by atoms with Crippen LogP contribution in [-0.4, -0.2) is 52.7 Å². The predicted octanol–water partition coefficient (Wildman–Crippen LogP) is 4.22. The fraction of sp³-hybridized carbons (Fsp3) is 0.773. The van der Waals surface area contributed by atoms with Gasteiger partial charge in [-0.2, -0.15) is 0 Å². The van der Waals surface area contributed by atoms with Crippen LogP contribution in [0, 0.1) is 11.3 Å². The summed E-state index contributed by atoms with van der Waals surface area (Å²) < 4.78 is 5.32. The van der Waals surface area contributed by atoms with Gasteiger partial charge in [0.15, 0.2) is 0 Å². The van der Waals surface area contributed by atoms with E-state index in [9.17, 15) is 19.5 Å². The maximum atomic E-state index is 13.3. The van der Waals surface area contributed by atoms with Crippen LogP contribution in [0.2, 0.25) is 0 Å². The Morgan fingerprint density at radius 1 is 1.10 bits per heavy atom. The SMILES string of the molecule is CCC(=C[C@H](CC(C)C)N(C)C(=O)[C@@H](NC(=O)OC(C)(C)C)C(C)(C)C)C(=O)O. The number of carboxylic acid groups (broad SMARTS) is 1. The summed E-state index contributed by atoms with van der Waals surface area (Å²) in [4.78, 5) is 38.6. The Hall–Kier alpha value is -2.05. The number of carbonyl (C=O) groups is 3. The molecule has 0 aromatic carbocycles. The van der Waals surface area contributed by atoms with Gasteiger partial charge in [0, 0.05) is 12.6 Å². The van der Waals surface area contributed by atoms with E-state index in [-0.39, 0.29) is 23.4 Å². The summed E-state index contributed by atoms with van der Waals surface area (Å²) in [5.41, 5.74) is -0.973. The molecule has 0 unspecified atom stereocenters. The smallest absolute Gasteiger partial charge is 0.408 e. The summed E-state index contributed by atoms with van der Waals surface area (Å²) in [6.45, 7) is 16.7. The number of aliphatic carboxylic acids is 1. The molecule has 0 aliphatic heterocycles. The standard InChI is InChI=1S/C22H40N2O5/c1-11-15(19(26)27)13-16(12-14(2)3)24(10)18(25)17(21(4,5)6)23-20(28)29-22(7,8)9/h13-14,16-17H,11-12H2,1-10H3,(H,23,28)(H,26,27)/t16-,17+/m0/s1. The predicted molar refractivity (Wildman–Crippen MR) is 115 cm³/mol. The van der Waals surface area contributed by atoms with Gasteiger partial charge in [0.25, 0.3) is 0 Å². The molecule has 0 bridgehead atoms. The van der Waals surface area contributed by atoms with Crippen molar-refractivity contribution < 1.29 is 24.2 Å². The molecule has 0 aliphatic carbocycles. The van der Waals surface area contributed by atoms with Gasteiger partial charge in [0.05, 0.1) is 6.04 Å². The van der Waals surface area contributed by atoms with Crippen molar-refractivity contribution in [2.45, 2.75) is 92.8 Å². The highest BCUT2D eigenvalue weighted by atomic mass is 16.6. The summed E-state index contributed by atoms with van der Waals surface area (Å²) in [7, 11) is 1.65. The van der Waals surface area contributed by atoms with Crippen LogP contribution in [0.25, 0.3) is 0 Å². The minimum absolute atomic E-state index is 0.255. The van der Waals surface area contributed by atoms with E-state index in [4.69, 9.17) is 4.74 Å². The quantitative estimate of drug-likeness (QED) is 0.582. The molecule has 0 heterocycles. The van der Waals surface area contributed by atoms with Gasteiger partial charge in [-0.3, -0.25) is 4.79 Å². The lowest BCUT2D eigenvalue weighted by atomic mass is 9.85. The Labute approximate surface area is 175 Å². The van der Waals surface area contributed by atoms with Gasteiger partial charge < -0.3 is 20.1 Å². The topological polar surface area (TPSA) is 95.9 Å². The molecule has 0 radical (unpaired) electrons. The second-order valence-corrected chi connectivity index (χ2v) is 9.94. The maximum absolute atomic E-state index is 13.3. The molecule has 7 heteroatoms. The molecule has 168 valence electrons. The van der Waals surface area contributed by atoms with Crippen LogP contribution in [-0.2, 0) is 14.3 Å². The lowest BCUT2D eigenvalue weighted by molar-refractivity contribution is -0.137. The van der Waals surface area contributed by atoms with E-state index >= 15 is 0 Å². The number of ether oxygens (including phenoxy) is 1. The first-order chi connectivity index (χ1) is 13.0. The first-order valence-electron chi connectivity index (χ1n) is 10.2. The number of hydrogen-bond donors (Lipinski definition) is 2. The monoisotopic (exact) mass is 412 g/mol. The molecule has 0 saturated heterocycles. The molecule has 0 aromatic rings. The number of carboxylic acids is 1. The first-order valence-corrected chi connectivity index (χ1v) is 10.2. The summed E-state index contributed by atoms with van der Waals surface area (Å²) in [5.74, 6) is -1.02. The Morgan fingerprint density at radius 2 is 1.62 bits per heavy atom. The summed E-state index contributed by atoms with van der Waals surface area (Å²) in [6.07, 6.45) is 1.97. The number of nitrogens with zero attached hydrogens (tertiary/aromatic N) is 1. The van der Waals surface area contributed by atoms with E-state index in [1.807, 2.05) is 34.6 Å². The lowest BCUT2D eigenvalue weighted by Gasteiger charge is -2.37. The number of rotatable bonds is 8. The van der Waals surface area contributed by atoms with E-state index < -0.39 is 29.1 Å². The van der Waals surface area contributed by atoms with E-state index in [0.29, 0.717) is 12.8 Å². The van der Waals surface area contributed by atoms with Crippen molar-refractivity contribution in [3.63, 3.8) is 0 Å². The van der Waals surface area contributed by atoms with Gasteiger partial charge in [-0.25, -0.2) is 9.59 Å². The summed E-state index contributed by atoms with van der Waals surface area (Å²) in [5, 5.41) is 12.1. The summed E-state index contributed by atoms with van der Waals surface area (Å²) >= 11 is 0. The van der Waals surface area contributed by atoms with E-state index in [1.54, 1.807) is 40.8 Å². The molecule has 2 atom stereocenters. The van der Waals surface area contributed by atoms with E-state index in [0.717, 1.165) is 0 Å². The van der Waals surface area contributed by atoms with Crippen molar-refractivity contribution in [2.24, 2.45) is 11.3 Å². The number of likely N-dealkylation sites (N-methyl/N-ethyl adjacent to an activating group) is 1. The van der Waals surface area contributed by atoms with Crippen LogP contribution in [0.3, 0.4) is 0 Å². The van der Waals surface area contributed by atoms with Crippen LogP contribution >= 0.6 is 0 Å². The molecule has 0 fully saturated rings.